The molecule has 0 aliphatic carbocycles. The van der Waals surface area contributed by atoms with E-state index >= 15 is 0 Å². The molecule has 39 heavy (non-hydrogen) atoms. The number of ether oxygens (including phenoxy) is 1. The second-order valence-electron chi connectivity index (χ2n) is 11.6. The van der Waals surface area contributed by atoms with Crippen molar-refractivity contribution >= 4 is 12.2 Å². The van der Waals surface area contributed by atoms with Gasteiger partial charge in [-0.2, -0.15) is 5.26 Å². The molecule has 0 aromatic heterocycles. The van der Waals surface area contributed by atoms with Crippen molar-refractivity contribution in [1.82, 2.24) is 10.2 Å². The number of hydrogen-bond acceptors (Lipinski definition) is 5. The molecular weight excluding hydrogens is 486 g/mol. The van der Waals surface area contributed by atoms with Crippen LogP contribution in [0.3, 0.4) is 0 Å². The van der Waals surface area contributed by atoms with Crippen LogP contribution >= 0.6 is 0 Å². The summed E-state index contributed by atoms with van der Waals surface area (Å²) >= 11 is 0. The van der Waals surface area contributed by atoms with Gasteiger partial charge in [-0.15, -0.1) is 0 Å². The van der Waals surface area contributed by atoms with Gasteiger partial charge in [-0.3, -0.25) is 4.79 Å². The van der Waals surface area contributed by atoms with Gasteiger partial charge in [0.15, 0.2) is 0 Å². The molecule has 1 aliphatic rings. The summed E-state index contributed by atoms with van der Waals surface area (Å²) < 4.78 is 5.67. The highest BCUT2D eigenvalue weighted by molar-refractivity contribution is 5.76. The summed E-state index contributed by atoms with van der Waals surface area (Å²) in [5, 5.41) is 11.9. The minimum absolute atomic E-state index is 0.219. The second-order valence-corrected chi connectivity index (χ2v) is 11.6. The Bertz CT molecular complexity index is 605. The molecule has 2 atom stereocenters. The van der Waals surface area contributed by atoms with E-state index in [1.165, 1.54) is 77.0 Å². The molecule has 1 aliphatic heterocycles. The molecule has 0 aromatic carbocycles. The monoisotopic (exact) mass is 549 g/mol. The summed E-state index contributed by atoms with van der Waals surface area (Å²) in [5.41, 5.74) is 0. The molecule has 0 aromatic rings. The Labute approximate surface area is 242 Å². The first kappa shape index (κ1) is 37.6. The van der Waals surface area contributed by atoms with Crippen LogP contribution in [0.15, 0.2) is 0 Å². The molecule has 6 nitrogen and oxygen atoms in total. The first-order chi connectivity index (χ1) is 19.0. The van der Waals surface area contributed by atoms with Gasteiger partial charge in [0.1, 0.15) is 6.29 Å². The van der Waals surface area contributed by atoms with Gasteiger partial charge in [0, 0.05) is 25.4 Å². The van der Waals surface area contributed by atoms with E-state index in [0.29, 0.717) is 19.4 Å². The van der Waals surface area contributed by atoms with E-state index in [1.807, 2.05) is 25.8 Å². The van der Waals surface area contributed by atoms with Crippen LogP contribution in [-0.2, 0) is 14.3 Å². The first-order valence-electron chi connectivity index (χ1n) is 16.4. The van der Waals surface area contributed by atoms with Gasteiger partial charge >= 0.3 is 0 Å². The molecule has 0 radical (unpaired) electrons. The SMILES string of the molecule is CCCCCCCCCCCCCCCC=O.CNC(CC#N)CCCCC(=O)N1CCCC1COC(C)C. The maximum atomic E-state index is 12.3. The number of nitrogens with one attached hydrogen (secondary N) is 1. The molecule has 0 spiro atoms. The fraction of sp³-hybridized carbons (Fsp3) is 0.909. The number of nitriles is 1. The molecule has 0 saturated carbocycles. The Morgan fingerprint density at radius 1 is 0.974 bits per heavy atom. The van der Waals surface area contributed by atoms with Crippen molar-refractivity contribution in [2.24, 2.45) is 0 Å². The Balaban J connectivity index is 0.000000768. The van der Waals surface area contributed by atoms with E-state index in [1.54, 1.807) is 0 Å². The Kier molecular flexibility index (Phi) is 27.0. The molecular formula is C33H63N3O3. The van der Waals surface area contributed by atoms with Crippen LogP contribution in [0, 0.1) is 11.3 Å². The number of rotatable bonds is 24. The molecule has 0 bridgehead atoms. The summed E-state index contributed by atoms with van der Waals surface area (Å²) in [7, 11) is 1.89. The highest BCUT2D eigenvalue weighted by atomic mass is 16.5. The van der Waals surface area contributed by atoms with Crippen molar-refractivity contribution < 1.29 is 14.3 Å². The van der Waals surface area contributed by atoms with Crippen molar-refractivity contribution in [3.05, 3.63) is 0 Å². The normalized spacial score (nSPS) is 15.6. The van der Waals surface area contributed by atoms with E-state index in [9.17, 15) is 9.59 Å². The van der Waals surface area contributed by atoms with Crippen LogP contribution in [0.4, 0.5) is 0 Å². The van der Waals surface area contributed by atoms with Gasteiger partial charge in [0.25, 0.3) is 0 Å². The Hall–Kier alpha value is -1.45. The number of nitrogens with zero attached hydrogens (tertiary/aromatic N) is 2. The Morgan fingerprint density at radius 2 is 1.56 bits per heavy atom. The standard InChI is InChI=1S/C17H31N3O2.C16H32O/c1-14(2)22-13-16-8-6-12-20(16)17(21)9-5-4-7-15(19-3)10-11-18;1-2-3-4-5-6-7-8-9-10-11-12-13-14-15-16-17/h14-16,19H,4-10,12-13H2,1-3H3;16H,2-15H2,1H3. The minimum Gasteiger partial charge on any atom is -0.377 e. The lowest BCUT2D eigenvalue weighted by atomic mass is 10.0. The maximum Gasteiger partial charge on any atom is 0.222 e. The second kappa shape index (κ2) is 28.1. The van der Waals surface area contributed by atoms with Crippen LogP contribution in [0.1, 0.15) is 156 Å². The van der Waals surface area contributed by atoms with E-state index in [-0.39, 0.29) is 24.1 Å². The third-order valence-corrected chi connectivity index (χ3v) is 7.68. The van der Waals surface area contributed by atoms with Gasteiger partial charge in [0.2, 0.25) is 5.91 Å². The predicted molar refractivity (Wildman–Crippen MR) is 164 cm³/mol. The van der Waals surface area contributed by atoms with Gasteiger partial charge in [0.05, 0.1) is 31.2 Å². The molecule has 228 valence electrons. The largest absolute Gasteiger partial charge is 0.377 e. The van der Waals surface area contributed by atoms with E-state index < -0.39 is 0 Å². The van der Waals surface area contributed by atoms with Crippen LogP contribution < -0.4 is 5.32 Å². The molecule has 1 N–H and O–H groups in total. The highest BCUT2D eigenvalue weighted by Gasteiger charge is 2.28. The molecule has 6 heteroatoms. The van der Waals surface area contributed by atoms with Gasteiger partial charge in [-0.25, -0.2) is 0 Å². The molecule has 1 fully saturated rings. The zero-order chi connectivity index (χ0) is 29.0. The van der Waals surface area contributed by atoms with Crippen molar-refractivity contribution in [2.75, 3.05) is 20.2 Å². The number of aldehydes is 1. The summed E-state index contributed by atoms with van der Waals surface area (Å²) in [6.45, 7) is 7.86. The van der Waals surface area contributed by atoms with Crippen LogP contribution in [0.5, 0.6) is 0 Å². The molecule has 1 rings (SSSR count). The summed E-state index contributed by atoms with van der Waals surface area (Å²) in [6, 6.07) is 2.70. The fourth-order valence-corrected chi connectivity index (χ4v) is 5.16. The molecule has 1 amide bonds. The smallest absolute Gasteiger partial charge is 0.222 e. The number of unbranched alkanes of at least 4 members (excludes halogenated alkanes) is 14. The average Bonchev–Trinajstić information content (AvgIpc) is 3.41. The zero-order valence-corrected chi connectivity index (χ0v) is 26.2. The van der Waals surface area contributed by atoms with E-state index in [2.05, 4.69) is 18.3 Å². The van der Waals surface area contributed by atoms with Gasteiger partial charge in [-0.05, 0) is 53.0 Å². The predicted octanol–water partition coefficient (Wildman–Crippen LogP) is 8.13. The first-order valence-corrected chi connectivity index (χ1v) is 16.4. The molecule has 1 heterocycles. The van der Waals surface area contributed by atoms with Gasteiger partial charge in [-0.1, -0.05) is 90.4 Å². The number of hydrogen-bond donors (Lipinski definition) is 1. The lowest BCUT2D eigenvalue weighted by Gasteiger charge is -2.25. The quantitative estimate of drug-likeness (QED) is 0.0970. The van der Waals surface area contributed by atoms with E-state index in [4.69, 9.17) is 10.00 Å². The Morgan fingerprint density at radius 3 is 2.08 bits per heavy atom. The maximum absolute atomic E-state index is 12.3. The van der Waals surface area contributed by atoms with Crippen LogP contribution in [0.2, 0.25) is 0 Å². The lowest BCUT2D eigenvalue weighted by molar-refractivity contribution is -0.133. The van der Waals surface area contributed by atoms with E-state index in [0.717, 1.165) is 57.8 Å². The fourth-order valence-electron chi connectivity index (χ4n) is 5.16. The van der Waals surface area contributed by atoms with Crippen LogP contribution in [-0.4, -0.2) is 55.5 Å². The average molecular weight is 550 g/mol. The molecule has 2 unspecified atom stereocenters. The summed E-state index contributed by atoms with van der Waals surface area (Å²) in [6.07, 6.45) is 26.0. The molecule has 1 saturated heterocycles. The van der Waals surface area contributed by atoms with Crippen molar-refractivity contribution in [3.63, 3.8) is 0 Å². The van der Waals surface area contributed by atoms with Crippen LogP contribution in [0.25, 0.3) is 0 Å². The number of likely N-dealkylation sites (tertiary alicyclic amines) is 1. The van der Waals surface area contributed by atoms with Gasteiger partial charge < -0.3 is 19.7 Å². The zero-order valence-electron chi connectivity index (χ0n) is 26.2. The lowest BCUT2D eigenvalue weighted by Crippen LogP contribution is -2.38. The van der Waals surface area contributed by atoms with Crippen molar-refractivity contribution in [2.45, 2.75) is 174 Å². The van der Waals surface area contributed by atoms with Crippen molar-refractivity contribution in [3.8, 4) is 6.07 Å². The third kappa shape index (κ3) is 23.0. The highest BCUT2D eigenvalue weighted by Crippen LogP contribution is 2.20. The number of carbonyl (C=O) groups is 2. The third-order valence-electron chi connectivity index (χ3n) is 7.68. The van der Waals surface area contributed by atoms with Crippen molar-refractivity contribution in [1.29, 1.82) is 5.26 Å². The topological polar surface area (TPSA) is 82.4 Å². The number of amides is 1. The summed E-state index contributed by atoms with van der Waals surface area (Å²) in [5.74, 6) is 0.260. The number of carbonyl (C=O) groups excluding carboxylic acids is 2. The minimum atomic E-state index is 0.219. The summed E-state index contributed by atoms with van der Waals surface area (Å²) in [4.78, 5) is 24.5.